The summed E-state index contributed by atoms with van der Waals surface area (Å²) < 4.78 is 0. The van der Waals surface area contributed by atoms with E-state index < -0.39 is 0 Å². The Balaban J connectivity index is 2.11. The van der Waals surface area contributed by atoms with Gasteiger partial charge >= 0.3 is 0 Å². The molecule has 1 heterocycles. The summed E-state index contributed by atoms with van der Waals surface area (Å²) >= 11 is 1.67. The topological polar surface area (TPSA) is 38.9 Å². The van der Waals surface area contributed by atoms with Crippen molar-refractivity contribution in [2.45, 2.75) is 37.6 Å². The second-order valence-electron chi connectivity index (χ2n) is 3.47. The minimum atomic E-state index is 0.348. The largest absolute Gasteiger partial charge is 0.327 e. The summed E-state index contributed by atoms with van der Waals surface area (Å²) in [6, 6.07) is 0.348. The average molecular weight is 182 g/mol. The van der Waals surface area contributed by atoms with E-state index in [1.165, 1.54) is 31.4 Å². The Morgan fingerprint density at radius 3 is 2.92 bits per heavy atom. The fraction of sp³-hybridized carbons (Fsp3) is 0.667. The van der Waals surface area contributed by atoms with Gasteiger partial charge in [0.05, 0.1) is 11.2 Å². The molecule has 2 nitrogen and oxygen atoms in total. The molecule has 3 heteroatoms. The normalized spacial score (nSPS) is 30.4. The summed E-state index contributed by atoms with van der Waals surface area (Å²) in [4.78, 5) is 4.33. The lowest BCUT2D eigenvalue weighted by Gasteiger charge is -2.26. The van der Waals surface area contributed by atoms with E-state index in [1.807, 2.05) is 5.51 Å². The van der Waals surface area contributed by atoms with E-state index in [4.69, 9.17) is 5.73 Å². The van der Waals surface area contributed by atoms with Crippen LogP contribution in [0.3, 0.4) is 0 Å². The third kappa shape index (κ3) is 1.52. The number of hydrogen-bond donors (Lipinski definition) is 1. The van der Waals surface area contributed by atoms with Gasteiger partial charge < -0.3 is 5.73 Å². The first kappa shape index (κ1) is 8.20. The van der Waals surface area contributed by atoms with Crippen molar-refractivity contribution < 1.29 is 0 Å². The van der Waals surface area contributed by atoms with Crippen LogP contribution in [-0.2, 0) is 0 Å². The molecule has 1 aliphatic carbocycles. The van der Waals surface area contributed by atoms with Crippen molar-refractivity contribution in [1.29, 1.82) is 0 Å². The molecule has 1 aliphatic rings. The molecule has 0 aromatic carbocycles. The third-order valence-electron chi connectivity index (χ3n) is 2.65. The molecule has 1 aromatic rings. The first-order valence-electron chi connectivity index (χ1n) is 4.51. The molecule has 2 atom stereocenters. The van der Waals surface area contributed by atoms with E-state index in [2.05, 4.69) is 10.4 Å². The number of aromatic nitrogens is 1. The molecule has 2 N–H and O–H groups in total. The summed E-state index contributed by atoms with van der Waals surface area (Å²) in [5.41, 5.74) is 9.15. The minimum Gasteiger partial charge on any atom is -0.327 e. The van der Waals surface area contributed by atoms with Gasteiger partial charge in [-0.1, -0.05) is 12.8 Å². The van der Waals surface area contributed by atoms with E-state index in [0.29, 0.717) is 12.0 Å². The lowest BCUT2D eigenvalue weighted by atomic mass is 9.83. The van der Waals surface area contributed by atoms with E-state index >= 15 is 0 Å². The molecule has 0 aliphatic heterocycles. The lowest BCUT2D eigenvalue weighted by molar-refractivity contribution is 0.381. The molecular formula is C9H14N2S. The quantitative estimate of drug-likeness (QED) is 0.722. The Morgan fingerprint density at radius 2 is 2.25 bits per heavy atom. The van der Waals surface area contributed by atoms with Gasteiger partial charge in [-0.3, -0.25) is 0 Å². The predicted molar refractivity (Wildman–Crippen MR) is 51.3 cm³/mol. The van der Waals surface area contributed by atoms with E-state index in [0.717, 1.165) is 0 Å². The van der Waals surface area contributed by atoms with Crippen molar-refractivity contribution in [3.63, 3.8) is 0 Å². The third-order valence-corrected chi connectivity index (χ3v) is 3.26. The SMILES string of the molecule is NC1CCCCC1c1cscn1. The molecule has 1 aromatic heterocycles. The molecule has 2 rings (SSSR count). The maximum atomic E-state index is 6.03. The Kier molecular flexibility index (Phi) is 2.42. The van der Waals surface area contributed by atoms with Crippen LogP contribution < -0.4 is 5.73 Å². The molecule has 12 heavy (non-hydrogen) atoms. The van der Waals surface area contributed by atoms with Crippen LogP contribution >= 0.6 is 11.3 Å². The maximum absolute atomic E-state index is 6.03. The van der Waals surface area contributed by atoms with Gasteiger partial charge in [-0.2, -0.15) is 0 Å². The Bertz CT molecular complexity index is 233. The molecular weight excluding hydrogens is 168 g/mol. The highest BCUT2D eigenvalue weighted by Gasteiger charge is 2.24. The van der Waals surface area contributed by atoms with Crippen LogP contribution in [0.5, 0.6) is 0 Å². The summed E-state index contributed by atoms with van der Waals surface area (Å²) in [5, 5.41) is 2.13. The van der Waals surface area contributed by atoms with Gasteiger partial charge in [0.25, 0.3) is 0 Å². The lowest BCUT2D eigenvalue weighted by Crippen LogP contribution is -2.31. The Morgan fingerprint density at radius 1 is 1.42 bits per heavy atom. The van der Waals surface area contributed by atoms with Crippen LogP contribution in [0.15, 0.2) is 10.9 Å². The standard InChI is InChI=1S/C9H14N2S/c10-8-4-2-1-3-7(8)9-5-12-6-11-9/h5-8H,1-4,10H2. The Hall–Kier alpha value is -0.410. The van der Waals surface area contributed by atoms with Gasteiger partial charge in [0.2, 0.25) is 0 Å². The van der Waals surface area contributed by atoms with Crippen molar-refractivity contribution in [2.24, 2.45) is 5.73 Å². The van der Waals surface area contributed by atoms with Gasteiger partial charge in [-0.15, -0.1) is 11.3 Å². The number of rotatable bonds is 1. The van der Waals surface area contributed by atoms with Gasteiger partial charge in [-0.05, 0) is 12.8 Å². The number of nitrogens with zero attached hydrogens (tertiary/aromatic N) is 1. The van der Waals surface area contributed by atoms with Crippen molar-refractivity contribution >= 4 is 11.3 Å². The fourth-order valence-corrected chi connectivity index (χ4v) is 2.55. The number of nitrogens with two attached hydrogens (primary N) is 1. The van der Waals surface area contributed by atoms with Crippen LogP contribution in [0.25, 0.3) is 0 Å². The summed E-state index contributed by atoms with van der Waals surface area (Å²) in [6.45, 7) is 0. The van der Waals surface area contributed by atoms with E-state index in [1.54, 1.807) is 11.3 Å². The number of hydrogen-bond acceptors (Lipinski definition) is 3. The van der Waals surface area contributed by atoms with E-state index in [9.17, 15) is 0 Å². The molecule has 0 amide bonds. The molecule has 0 bridgehead atoms. The number of thiazole rings is 1. The van der Waals surface area contributed by atoms with Crippen LogP contribution in [0.4, 0.5) is 0 Å². The zero-order valence-electron chi connectivity index (χ0n) is 7.07. The molecule has 1 fully saturated rings. The van der Waals surface area contributed by atoms with Crippen LogP contribution in [0, 0.1) is 0 Å². The summed E-state index contributed by atoms with van der Waals surface area (Å²) in [7, 11) is 0. The van der Waals surface area contributed by atoms with Crippen LogP contribution in [0.1, 0.15) is 37.3 Å². The minimum absolute atomic E-state index is 0.348. The fourth-order valence-electron chi connectivity index (χ4n) is 1.93. The van der Waals surface area contributed by atoms with Gasteiger partial charge in [0, 0.05) is 17.3 Å². The predicted octanol–water partition coefficient (Wildman–Crippen LogP) is 2.13. The Labute approximate surface area is 76.8 Å². The molecule has 0 radical (unpaired) electrons. The molecule has 2 unspecified atom stereocenters. The van der Waals surface area contributed by atoms with Crippen molar-refractivity contribution in [3.05, 3.63) is 16.6 Å². The summed E-state index contributed by atoms with van der Waals surface area (Å²) in [6.07, 6.45) is 5.00. The van der Waals surface area contributed by atoms with E-state index in [-0.39, 0.29) is 0 Å². The van der Waals surface area contributed by atoms with Crippen molar-refractivity contribution in [3.8, 4) is 0 Å². The first-order chi connectivity index (χ1) is 5.88. The van der Waals surface area contributed by atoms with Crippen molar-refractivity contribution in [2.75, 3.05) is 0 Å². The zero-order chi connectivity index (χ0) is 8.39. The van der Waals surface area contributed by atoms with Gasteiger partial charge in [0.1, 0.15) is 0 Å². The van der Waals surface area contributed by atoms with Crippen LogP contribution in [-0.4, -0.2) is 11.0 Å². The molecule has 0 spiro atoms. The monoisotopic (exact) mass is 182 g/mol. The highest BCUT2D eigenvalue weighted by Crippen LogP contribution is 2.31. The maximum Gasteiger partial charge on any atom is 0.0794 e. The smallest absolute Gasteiger partial charge is 0.0794 e. The highest BCUT2D eigenvalue weighted by molar-refractivity contribution is 7.07. The molecule has 1 saturated carbocycles. The summed E-state index contributed by atoms with van der Waals surface area (Å²) in [5.74, 6) is 0.532. The van der Waals surface area contributed by atoms with Gasteiger partial charge in [-0.25, -0.2) is 4.98 Å². The highest BCUT2D eigenvalue weighted by atomic mass is 32.1. The zero-order valence-corrected chi connectivity index (χ0v) is 7.89. The van der Waals surface area contributed by atoms with Gasteiger partial charge in [0.15, 0.2) is 0 Å². The van der Waals surface area contributed by atoms with Crippen LogP contribution in [0.2, 0.25) is 0 Å². The molecule has 66 valence electrons. The van der Waals surface area contributed by atoms with Crippen molar-refractivity contribution in [1.82, 2.24) is 4.98 Å². The second kappa shape index (κ2) is 3.54. The molecule has 0 saturated heterocycles. The first-order valence-corrected chi connectivity index (χ1v) is 5.46. The second-order valence-corrected chi connectivity index (χ2v) is 4.19. The average Bonchev–Trinajstić information content (AvgIpc) is 2.57.